The number of likely N-dealkylation sites (N-methyl/N-ethyl adjacent to an activating group) is 1. The van der Waals surface area contributed by atoms with Gasteiger partial charge in [0.05, 0.1) is 35.4 Å². The number of allylic oxidation sites excluding steroid dienone is 3. The zero-order chi connectivity index (χ0) is 24.8. The van der Waals surface area contributed by atoms with Crippen LogP contribution in [0.15, 0.2) is 47.6 Å². The summed E-state index contributed by atoms with van der Waals surface area (Å²) in [5, 5.41) is 0.666. The molecule has 0 unspecified atom stereocenters. The van der Waals surface area contributed by atoms with Crippen LogP contribution in [-0.2, 0) is 14.6 Å². The summed E-state index contributed by atoms with van der Waals surface area (Å²) in [6, 6.07) is 4.97. The molecule has 1 aromatic carbocycles. The van der Waals surface area contributed by atoms with E-state index in [0.29, 0.717) is 42.1 Å². The number of sulfone groups is 1. The van der Waals surface area contributed by atoms with Crippen LogP contribution in [0, 0.1) is 11.2 Å². The van der Waals surface area contributed by atoms with E-state index in [-0.39, 0.29) is 22.7 Å². The Hall–Kier alpha value is -3.09. The molecule has 7 nitrogen and oxygen atoms in total. The lowest BCUT2D eigenvalue weighted by atomic mass is 9.91. The Morgan fingerprint density at radius 3 is 2.66 bits per heavy atom. The van der Waals surface area contributed by atoms with Crippen molar-refractivity contribution < 1.29 is 22.3 Å². The van der Waals surface area contributed by atoms with Gasteiger partial charge in [-0.05, 0) is 50.5 Å². The minimum Gasteiger partial charge on any atom is -0.494 e. The highest BCUT2D eigenvalue weighted by Gasteiger charge is 2.52. The third-order valence-corrected chi connectivity index (χ3v) is 8.79. The number of ether oxygens (including phenoxy) is 2. The first-order valence-electron chi connectivity index (χ1n) is 11.5. The Morgan fingerprint density at radius 2 is 2.00 bits per heavy atom. The predicted octanol–water partition coefficient (Wildman–Crippen LogP) is 3.18. The van der Waals surface area contributed by atoms with Crippen LogP contribution < -0.4 is 9.64 Å². The Balaban J connectivity index is 1.54. The molecule has 0 saturated carbocycles. The van der Waals surface area contributed by atoms with E-state index in [2.05, 4.69) is 16.4 Å². The van der Waals surface area contributed by atoms with E-state index in [1.807, 2.05) is 37.2 Å². The number of anilines is 1. The van der Waals surface area contributed by atoms with Crippen molar-refractivity contribution in [3.05, 3.63) is 59.1 Å². The number of aromatic nitrogens is 1. The smallest absolute Gasteiger partial charge is 0.170 e. The molecule has 2 fully saturated rings. The number of hydrogen-bond acceptors (Lipinski definition) is 7. The van der Waals surface area contributed by atoms with Gasteiger partial charge in [-0.1, -0.05) is 5.73 Å². The molecular formula is C26H28FN3O4S. The zero-order valence-electron chi connectivity index (χ0n) is 20.1. The number of nitrogens with zero attached hydrogens (tertiary/aromatic N) is 3. The van der Waals surface area contributed by atoms with E-state index in [0.717, 1.165) is 24.2 Å². The number of fused-ring (bicyclic) bond motifs is 1. The topological polar surface area (TPSA) is 72.0 Å². The van der Waals surface area contributed by atoms with Crippen LogP contribution in [-0.4, -0.2) is 77.3 Å². The van der Waals surface area contributed by atoms with Gasteiger partial charge in [-0.15, -0.1) is 0 Å². The number of pyridine rings is 1. The average molecular weight is 498 g/mol. The lowest BCUT2D eigenvalue weighted by molar-refractivity contribution is 0.193. The highest BCUT2D eigenvalue weighted by atomic mass is 32.2. The van der Waals surface area contributed by atoms with Crippen LogP contribution in [0.5, 0.6) is 5.75 Å². The van der Waals surface area contributed by atoms with Crippen molar-refractivity contribution in [2.75, 3.05) is 63.9 Å². The highest BCUT2D eigenvalue weighted by molar-refractivity contribution is 7.92. The largest absolute Gasteiger partial charge is 0.494 e. The van der Waals surface area contributed by atoms with Gasteiger partial charge in [0.25, 0.3) is 0 Å². The normalized spacial score (nSPS) is 19.7. The summed E-state index contributed by atoms with van der Waals surface area (Å²) in [6.07, 6.45) is 4.51. The maximum Gasteiger partial charge on any atom is 0.170 e. The van der Waals surface area contributed by atoms with Gasteiger partial charge in [-0.25, -0.2) is 17.8 Å². The second kappa shape index (κ2) is 8.85. The quantitative estimate of drug-likeness (QED) is 0.544. The van der Waals surface area contributed by atoms with E-state index in [1.54, 1.807) is 6.07 Å². The number of halogens is 1. The number of methoxy groups -OCH3 is 1. The summed E-state index contributed by atoms with van der Waals surface area (Å²) in [4.78, 5) is 8.96. The number of benzene rings is 1. The molecule has 2 saturated heterocycles. The predicted molar refractivity (Wildman–Crippen MR) is 134 cm³/mol. The van der Waals surface area contributed by atoms with Crippen LogP contribution in [0.25, 0.3) is 16.5 Å². The number of rotatable bonds is 7. The molecule has 3 aliphatic rings. The van der Waals surface area contributed by atoms with Gasteiger partial charge < -0.3 is 19.3 Å². The van der Waals surface area contributed by atoms with Crippen molar-refractivity contribution in [3.63, 3.8) is 0 Å². The first kappa shape index (κ1) is 23.6. The maximum absolute atomic E-state index is 14.7. The van der Waals surface area contributed by atoms with Crippen molar-refractivity contribution in [2.24, 2.45) is 5.41 Å². The molecule has 2 aliphatic heterocycles. The fourth-order valence-corrected chi connectivity index (χ4v) is 7.23. The second-order valence-corrected chi connectivity index (χ2v) is 11.8. The molecule has 5 rings (SSSR count). The lowest BCUT2D eigenvalue weighted by Crippen LogP contribution is -2.50. The molecule has 0 amide bonds. The minimum atomic E-state index is -2.94. The maximum atomic E-state index is 14.7. The molecule has 2 aromatic rings. The standard InChI is InChI=1S/C26H28FN3O4S/c1-29(2)10-11-34-19-6-4-18(5-7-19)22-13-24(20-12-21(27)25(33-3)14-23(20)28-22)30-9-8-26(15-30)16-35(31,32)17-26/h4,6,12-14H,8-11,15-17H2,1-3H3. The SMILES string of the molecule is COc1cc2nc(C3=C=C=C(OCCN(C)C)C=C3)cc(N3CCC4(C3)CS(=O)(=O)C4)c2cc1F. The first-order valence-corrected chi connectivity index (χ1v) is 13.3. The van der Waals surface area contributed by atoms with Crippen molar-refractivity contribution in [2.45, 2.75) is 6.42 Å². The van der Waals surface area contributed by atoms with Gasteiger partial charge in [-0.3, -0.25) is 0 Å². The molecule has 184 valence electrons. The van der Waals surface area contributed by atoms with E-state index < -0.39 is 15.7 Å². The zero-order valence-corrected chi connectivity index (χ0v) is 20.9. The van der Waals surface area contributed by atoms with Gasteiger partial charge in [0.2, 0.25) is 0 Å². The van der Waals surface area contributed by atoms with E-state index in [9.17, 15) is 12.8 Å². The van der Waals surface area contributed by atoms with Crippen LogP contribution in [0.1, 0.15) is 12.1 Å². The monoisotopic (exact) mass is 497 g/mol. The van der Waals surface area contributed by atoms with Crippen LogP contribution in [0.3, 0.4) is 0 Å². The van der Waals surface area contributed by atoms with Gasteiger partial charge in [0, 0.05) is 42.2 Å². The van der Waals surface area contributed by atoms with Crippen molar-refractivity contribution in [1.29, 1.82) is 0 Å². The fourth-order valence-electron chi connectivity index (χ4n) is 4.98. The molecule has 3 heterocycles. The minimum absolute atomic E-state index is 0.122. The van der Waals surface area contributed by atoms with Crippen LogP contribution in [0.4, 0.5) is 10.1 Å². The molecule has 0 atom stereocenters. The van der Waals surface area contributed by atoms with Crippen molar-refractivity contribution in [1.82, 2.24) is 9.88 Å². The second-order valence-electron chi connectivity index (χ2n) is 9.75. The Bertz CT molecular complexity index is 1420. The van der Waals surface area contributed by atoms with Gasteiger partial charge in [0.15, 0.2) is 27.2 Å². The molecule has 1 aromatic heterocycles. The fraction of sp³-hybridized carbons (Fsp3) is 0.423. The van der Waals surface area contributed by atoms with E-state index >= 15 is 0 Å². The summed E-state index contributed by atoms with van der Waals surface area (Å²) in [5.74, 6) is 0.693. The molecule has 1 spiro atoms. The molecule has 9 heteroatoms. The van der Waals surface area contributed by atoms with E-state index in [1.165, 1.54) is 13.2 Å². The molecule has 0 radical (unpaired) electrons. The Labute approximate surface area is 204 Å². The molecule has 0 bridgehead atoms. The van der Waals surface area contributed by atoms with Crippen LogP contribution >= 0.6 is 0 Å². The summed E-state index contributed by atoms with van der Waals surface area (Å²) >= 11 is 0. The Kier molecular flexibility index (Phi) is 5.98. The van der Waals surface area contributed by atoms with Crippen molar-refractivity contribution >= 4 is 32.0 Å². The molecule has 35 heavy (non-hydrogen) atoms. The molecule has 1 aliphatic carbocycles. The molecule has 0 N–H and O–H groups in total. The van der Waals surface area contributed by atoms with E-state index in [4.69, 9.17) is 14.5 Å². The lowest BCUT2D eigenvalue weighted by Gasteiger charge is -2.37. The summed E-state index contributed by atoms with van der Waals surface area (Å²) < 4.78 is 49.3. The summed E-state index contributed by atoms with van der Waals surface area (Å²) in [5.41, 5.74) is 8.78. The third kappa shape index (κ3) is 4.73. The van der Waals surface area contributed by atoms with Crippen LogP contribution in [0.2, 0.25) is 0 Å². The van der Waals surface area contributed by atoms with Gasteiger partial charge >= 0.3 is 0 Å². The Morgan fingerprint density at radius 1 is 1.20 bits per heavy atom. The summed E-state index contributed by atoms with van der Waals surface area (Å²) in [6.45, 7) is 2.66. The summed E-state index contributed by atoms with van der Waals surface area (Å²) in [7, 11) is 2.45. The molecular weight excluding hydrogens is 469 g/mol. The number of hydrogen-bond donors (Lipinski definition) is 0. The average Bonchev–Trinajstić information content (AvgIpc) is 3.21. The third-order valence-electron chi connectivity index (χ3n) is 6.69. The van der Waals surface area contributed by atoms with Gasteiger partial charge in [-0.2, -0.15) is 0 Å². The van der Waals surface area contributed by atoms with Crippen molar-refractivity contribution in [3.8, 4) is 5.75 Å². The first-order chi connectivity index (χ1) is 16.7. The van der Waals surface area contributed by atoms with Gasteiger partial charge in [0.1, 0.15) is 6.61 Å². The highest BCUT2D eigenvalue weighted by Crippen LogP contribution is 2.44.